The third-order valence-corrected chi connectivity index (χ3v) is 5.09. The van der Waals surface area contributed by atoms with Crippen LogP contribution in [-0.2, 0) is 19.1 Å². The predicted octanol–water partition coefficient (Wildman–Crippen LogP) is 2.11. The standard InChI is InChI=1S/C23H25ClN4O6/c1-32-20-9-6-16(11-19(20)24)27-22(30)23(31)28-26-12-15-4-7-17(8-5-15)34-14-21(29)25-13-18-3-2-10-33-18/h4-9,11-12,18H,2-3,10,13-14H2,1H3,(H,25,29)(H,27,30)(H,28,31)/b26-12-/t18-/m1/s1. The van der Waals surface area contributed by atoms with Crippen LogP contribution in [-0.4, -0.2) is 56.9 Å². The molecule has 0 spiro atoms. The van der Waals surface area contributed by atoms with Crippen molar-refractivity contribution in [1.29, 1.82) is 0 Å². The van der Waals surface area contributed by atoms with E-state index in [1.807, 2.05) is 0 Å². The van der Waals surface area contributed by atoms with E-state index in [9.17, 15) is 14.4 Å². The third kappa shape index (κ3) is 7.75. The molecule has 3 N–H and O–H groups in total. The Bertz CT molecular complexity index is 1040. The Balaban J connectivity index is 1.39. The Hall–Kier alpha value is -3.63. The molecule has 0 aromatic heterocycles. The quantitative estimate of drug-likeness (QED) is 0.282. The summed E-state index contributed by atoms with van der Waals surface area (Å²) >= 11 is 6.00. The molecule has 1 heterocycles. The molecule has 2 aromatic carbocycles. The molecule has 3 rings (SSSR count). The van der Waals surface area contributed by atoms with Gasteiger partial charge in [-0.2, -0.15) is 5.10 Å². The lowest BCUT2D eigenvalue weighted by atomic mass is 10.2. The number of hydrogen-bond donors (Lipinski definition) is 3. The van der Waals surface area contributed by atoms with Gasteiger partial charge in [0, 0.05) is 18.8 Å². The first-order valence-electron chi connectivity index (χ1n) is 10.5. The summed E-state index contributed by atoms with van der Waals surface area (Å²) < 4.78 is 15.9. The zero-order valence-electron chi connectivity index (χ0n) is 18.5. The van der Waals surface area contributed by atoms with Crippen molar-refractivity contribution >= 4 is 41.2 Å². The molecule has 0 bridgehead atoms. The first-order chi connectivity index (χ1) is 16.4. The molecule has 11 heteroatoms. The minimum Gasteiger partial charge on any atom is -0.495 e. The topological polar surface area (TPSA) is 127 Å². The number of nitrogens with zero attached hydrogens (tertiary/aromatic N) is 1. The van der Waals surface area contributed by atoms with Crippen LogP contribution in [0.4, 0.5) is 5.69 Å². The van der Waals surface area contributed by atoms with Crippen LogP contribution in [0.2, 0.25) is 5.02 Å². The van der Waals surface area contributed by atoms with Crippen LogP contribution in [0.25, 0.3) is 0 Å². The van der Waals surface area contributed by atoms with Crippen LogP contribution in [0, 0.1) is 0 Å². The van der Waals surface area contributed by atoms with E-state index in [0.29, 0.717) is 34.3 Å². The molecule has 1 atom stereocenters. The van der Waals surface area contributed by atoms with E-state index in [-0.39, 0.29) is 18.6 Å². The van der Waals surface area contributed by atoms with Crippen molar-refractivity contribution in [3.05, 3.63) is 53.1 Å². The zero-order valence-corrected chi connectivity index (χ0v) is 19.3. The van der Waals surface area contributed by atoms with Gasteiger partial charge < -0.3 is 24.8 Å². The Labute approximate surface area is 201 Å². The molecule has 34 heavy (non-hydrogen) atoms. The molecule has 0 aliphatic carbocycles. The molecule has 0 unspecified atom stereocenters. The molecule has 180 valence electrons. The van der Waals surface area contributed by atoms with E-state index >= 15 is 0 Å². The van der Waals surface area contributed by atoms with Crippen LogP contribution in [0.15, 0.2) is 47.6 Å². The summed E-state index contributed by atoms with van der Waals surface area (Å²) in [4.78, 5) is 35.8. The Kier molecular flexibility index (Phi) is 9.24. The SMILES string of the molecule is COc1ccc(NC(=O)C(=O)N/N=C\c2ccc(OCC(=O)NC[C@H]3CCCO3)cc2)cc1Cl. The number of carbonyl (C=O) groups is 3. The van der Waals surface area contributed by atoms with Gasteiger partial charge in [-0.25, -0.2) is 5.43 Å². The molecular weight excluding hydrogens is 464 g/mol. The van der Waals surface area contributed by atoms with Gasteiger partial charge in [-0.1, -0.05) is 11.6 Å². The van der Waals surface area contributed by atoms with Crippen LogP contribution in [0.3, 0.4) is 0 Å². The fraction of sp³-hybridized carbons (Fsp3) is 0.304. The van der Waals surface area contributed by atoms with Crippen molar-refractivity contribution in [2.45, 2.75) is 18.9 Å². The van der Waals surface area contributed by atoms with Crippen LogP contribution in [0.5, 0.6) is 11.5 Å². The van der Waals surface area contributed by atoms with Crippen molar-refractivity contribution in [2.24, 2.45) is 5.10 Å². The summed E-state index contributed by atoms with van der Waals surface area (Å²) in [6, 6.07) is 11.3. The minimum atomic E-state index is -0.947. The number of nitrogens with one attached hydrogen (secondary N) is 3. The number of halogens is 1. The summed E-state index contributed by atoms with van der Waals surface area (Å²) in [5, 5.41) is 9.26. The van der Waals surface area contributed by atoms with Gasteiger partial charge in [-0.15, -0.1) is 0 Å². The molecule has 1 fully saturated rings. The zero-order chi connectivity index (χ0) is 24.3. The monoisotopic (exact) mass is 488 g/mol. The maximum absolute atomic E-state index is 12.0. The summed E-state index contributed by atoms with van der Waals surface area (Å²) in [5.41, 5.74) is 3.14. The highest BCUT2D eigenvalue weighted by Gasteiger charge is 2.16. The van der Waals surface area contributed by atoms with E-state index < -0.39 is 11.8 Å². The second-order valence-electron chi connectivity index (χ2n) is 7.30. The van der Waals surface area contributed by atoms with Gasteiger partial charge in [0.1, 0.15) is 11.5 Å². The van der Waals surface area contributed by atoms with Crippen molar-refractivity contribution in [2.75, 3.05) is 32.2 Å². The number of benzene rings is 2. The van der Waals surface area contributed by atoms with Crippen LogP contribution >= 0.6 is 11.6 Å². The Morgan fingerprint density at radius 1 is 1.18 bits per heavy atom. The molecule has 3 amide bonds. The molecule has 2 aromatic rings. The average Bonchev–Trinajstić information content (AvgIpc) is 3.36. The number of hydrazone groups is 1. The maximum Gasteiger partial charge on any atom is 0.329 e. The largest absolute Gasteiger partial charge is 0.495 e. The number of amides is 3. The van der Waals surface area contributed by atoms with Crippen LogP contribution in [0.1, 0.15) is 18.4 Å². The predicted molar refractivity (Wildman–Crippen MR) is 126 cm³/mol. The number of ether oxygens (including phenoxy) is 3. The molecule has 10 nitrogen and oxygen atoms in total. The smallest absolute Gasteiger partial charge is 0.329 e. The minimum absolute atomic E-state index is 0.0787. The van der Waals surface area contributed by atoms with E-state index in [4.69, 9.17) is 25.8 Å². The summed E-state index contributed by atoms with van der Waals surface area (Å²) in [6.45, 7) is 1.11. The van der Waals surface area contributed by atoms with Gasteiger partial charge in [-0.05, 0) is 60.9 Å². The summed E-state index contributed by atoms with van der Waals surface area (Å²) in [6.07, 6.45) is 3.41. The lowest BCUT2D eigenvalue weighted by Gasteiger charge is -2.11. The van der Waals surface area contributed by atoms with Crippen molar-refractivity contribution in [3.8, 4) is 11.5 Å². The molecule has 1 aliphatic rings. The Morgan fingerprint density at radius 2 is 1.97 bits per heavy atom. The van der Waals surface area contributed by atoms with Gasteiger partial charge in [0.25, 0.3) is 5.91 Å². The number of methoxy groups -OCH3 is 1. The second-order valence-corrected chi connectivity index (χ2v) is 7.71. The molecule has 1 aliphatic heterocycles. The summed E-state index contributed by atoms with van der Waals surface area (Å²) in [7, 11) is 1.47. The van der Waals surface area contributed by atoms with E-state index in [1.165, 1.54) is 19.4 Å². The normalized spacial score (nSPS) is 15.1. The molecular formula is C23H25ClN4O6. The molecule has 1 saturated heterocycles. The highest BCUT2D eigenvalue weighted by atomic mass is 35.5. The van der Waals surface area contributed by atoms with Crippen LogP contribution < -0.4 is 25.5 Å². The Morgan fingerprint density at radius 3 is 2.65 bits per heavy atom. The summed E-state index contributed by atoms with van der Waals surface area (Å²) in [5.74, 6) is -1.12. The van der Waals surface area contributed by atoms with Crippen molar-refractivity contribution in [3.63, 3.8) is 0 Å². The third-order valence-electron chi connectivity index (χ3n) is 4.80. The average molecular weight is 489 g/mol. The fourth-order valence-corrected chi connectivity index (χ4v) is 3.29. The van der Waals surface area contributed by atoms with Crippen molar-refractivity contribution < 1.29 is 28.6 Å². The number of carbonyl (C=O) groups excluding carboxylic acids is 3. The highest BCUT2D eigenvalue weighted by Crippen LogP contribution is 2.27. The number of anilines is 1. The first-order valence-corrected chi connectivity index (χ1v) is 10.9. The van der Waals surface area contributed by atoms with Gasteiger partial charge in [0.15, 0.2) is 6.61 Å². The number of rotatable bonds is 9. The molecule has 0 radical (unpaired) electrons. The van der Waals surface area contributed by atoms with E-state index in [1.54, 1.807) is 36.4 Å². The van der Waals surface area contributed by atoms with Gasteiger partial charge in [0.05, 0.1) is 24.5 Å². The van der Waals surface area contributed by atoms with Gasteiger partial charge >= 0.3 is 11.8 Å². The van der Waals surface area contributed by atoms with Gasteiger partial charge in [-0.3, -0.25) is 14.4 Å². The first kappa shape index (κ1) is 25.0. The molecule has 0 saturated carbocycles. The van der Waals surface area contributed by atoms with E-state index in [0.717, 1.165) is 19.4 Å². The van der Waals surface area contributed by atoms with E-state index in [2.05, 4.69) is 21.2 Å². The van der Waals surface area contributed by atoms with Crippen molar-refractivity contribution in [1.82, 2.24) is 10.7 Å². The van der Waals surface area contributed by atoms with Gasteiger partial charge in [0.2, 0.25) is 0 Å². The lowest BCUT2D eigenvalue weighted by molar-refractivity contribution is -0.136. The highest BCUT2D eigenvalue weighted by molar-refractivity contribution is 6.40. The second kappa shape index (κ2) is 12.6. The lowest BCUT2D eigenvalue weighted by Crippen LogP contribution is -2.35. The number of hydrogen-bond acceptors (Lipinski definition) is 7. The fourth-order valence-electron chi connectivity index (χ4n) is 3.03. The maximum atomic E-state index is 12.0.